The molecule has 0 saturated carbocycles. The number of para-hydroxylation sites is 1. The molecule has 1 fully saturated rings. The van der Waals surface area contributed by atoms with Gasteiger partial charge < -0.3 is 9.64 Å². The SMILES string of the molecule is COc1ccc(-c2cc(C(=O)N3CCN(S(C)(=O)=O)CC3)c3ccccc3n2)cc1. The predicted octanol–water partition coefficient (Wildman–Crippen LogP) is 2.63. The smallest absolute Gasteiger partial charge is 0.254 e. The van der Waals surface area contributed by atoms with E-state index in [0.717, 1.165) is 22.2 Å². The molecule has 7 nitrogen and oxygen atoms in total. The molecule has 4 rings (SSSR count). The number of carbonyl (C=O) groups excluding carboxylic acids is 1. The van der Waals surface area contributed by atoms with E-state index in [4.69, 9.17) is 9.72 Å². The first-order valence-electron chi connectivity index (χ1n) is 9.65. The van der Waals surface area contributed by atoms with Gasteiger partial charge in [0.2, 0.25) is 10.0 Å². The van der Waals surface area contributed by atoms with Gasteiger partial charge in [-0.2, -0.15) is 4.31 Å². The monoisotopic (exact) mass is 425 g/mol. The fourth-order valence-electron chi connectivity index (χ4n) is 3.66. The van der Waals surface area contributed by atoms with Crippen LogP contribution in [0.15, 0.2) is 54.6 Å². The number of sulfonamides is 1. The molecular formula is C22H23N3O4S. The summed E-state index contributed by atoms with van der Waals surface area (Å²) in [6, 6.07) is 16.9. The molecule has 2 aromatic carbocycles. The number of benzene rings is 2. The highest BCUT2D eigenvalue weighted by atomic mass is 32.2. The Kier molecular flexibility index (Phi) is 5.44. The lowest BCUT2D eigenvalue weighted by Crippen LogP contribution is -2.50. The lowest BCUT2D eigenvalue weighted by molar-refractivity contribution is 0.0700. The number of nitrogens with zero attached hydrogens (tertiary/aromatic N) is 3. The fourth-order valence-corrected chi connectivity index (χ4v) is 4.48. The molecule has 0 aliphatic carbocycles. The summed E-state index contributed by atoms with van der Waals surface area (Å²) in [4.78, 5) is 19.8. The minimum absolute atomic E-state index is 0.114. The van der Waals surface area contributed by atoms with Crippen LogP contribution in [0.2, 0.25) is 0 Å². The standard InChI is InChI=1S/C22H23N3O4S/c1-29-17-9-7-16(8-10-17)21-15-19(18-5-3-4-6-20(18)23-21)22(26)24-11-13-25(14-12-24)30(2,27)28/h3-10,15H,11-14H2,1-2H3. The Labute approximate surface area is 175 Å². The van der Waals surface area contributed by atoms with Crippen molar-refractivity contribution in [1.29, 1.82) is 0 Å². The van der Waals surface area contributed by atoms with Crippen LogP contribution in [-0.2, 0) is 10.0 Å². The molecule has 8 heteroatoms. The van der Waals surface area contributed by atoms with Crippen molar-refractivity contribution in [2.75, 3.05) is 39.5 Å². The molecule has 1 amide bonds. The van der Waals surface area contributed by atoms with Gasteiger partial charge in [-0.15, -0.1) is 0 Å². The number of hydrogen-bond donors (Lipinski definition) is 0. The van der Waals surface area contributed by atoms with Crippen molar-refractivity contribution in [3.8, 4) is 17.0 Å². The average Bonchev–Trinajstić information content (AvgIpc) is 2.77. The van der Waals surface area contributed by atoms with Gasteiger partial charge >= 0.3 is 0 Å². The van der Waals surface area contributed by atoms with Crippen LogP contribution in [0.5, 0.6) is 5.75 Å². The number of carbonyl (C=O) groups is 1. The summed E-state index contributed by atoms with van der Waals surface area (Å²) in [5.74, 6) is 0.635. The Bertz CT molecular complexity index is 1180. The molecule has 0 bridgehead atoms. The Morgan fingerprint density at radius 3 is 2.30 bits per heavy atom. The first-order chi connectivity index (χ1) is 14.4. The van der Waals surface area contributed by atoms with Gasteiger partial charge in [0, 0.05) is 37.1 Å². The van der Waals surface area contributed by atoms with E-state index in [1.807, 2.05) is 54.6 Å². The zero-order valence-corrected chi connectivity index (χ0v) is 17.7. The Morgan fingerprint density at radius 1 is 1.00 bits per heavy atom. The summed E-state index contributed by atoms with van der Waals surface area (Å²) in [5.41, 5.74) is 2.90. The molecule has 156 valence electrons. The zero-order valence-electron chi connectivity index (χ0n) is 16.9. The lowest BCUT2D eigenvalue weighted by Gasteiger charge is -2.33. The van der Waals surface area contributed by atoms with Crippen molar-refractivity contribution < 1.29 is 17.9 Å². The van der Waals surface area contributed by atoms with Crippen molar-refractivity contribution in [3.63, 3.8) is 0 Å². The number of rotatable bonds is 4. The number of aromatic nitrogens is 1. The minimum Gasteiger partial charge on any atom is -0.497 e. The zero-order chi connectivity index (χ0) is 21.3. The molecule has 0 radical (unpaired) electrons. The normalized spacial score (nSPS) is 15.3. The second-order valence-corrected chi connectivity index (χ2v) is 9.24. The molecule has 2 heterocycles. The van der Waals surface area contributed by atoms with Crippen molar-refractivity contribution in [2.24, 2.45) is 0 Å². The first kappa shape index (κ1) is 20.3. The van der Waals surface area contributed by atoms with Crippen LogP contribution in [0.3, 0.4) is 0 Å². The number of piperazine rings is 1. The highest BCUT2D eigenvalue weighted by Gasteiger charge is 2.27. The van der Waals surface area contributed by atoms with E-state index >= 15 is 0 Å². The van der Waals surface area contributed by atoms with Gasteiger partial charge in [-0.25, -0.2) is 13.4 Å². The molecular weight excluding hydrogens is 402 g/mol. The molecule has 1 aromatic heterocycles. The van der Waals surface area contributed by atoms with Crippen molar-refractivity contribution >= 4 is 26.8 Å². The summed E-state index contributed by atoms with van der Waals surface area (Å²) in [7, 11) is -1.63. The molecule has 30 heavy (non-hydrogen) atoms. The van der Waals surface area contributed by atoms with Crippen LogP contribution in [0.1, 0.15) is 10.4 Å². The third kappa shape index (κ3) is 4.01. The van der Waals surface area contributed by atoms with Crippen LogP contribution in [0, 0.1) is 0 Å². The van der Waals surface area contributed by atoms with Gasteiger partial charge in [-0.3, -0.25) is 4.79 Å². The minimum atomic E-state index is -3.25. The van der Waals surface area contributed by atoms with Gasteiger partial charge in [-0.05, 0) is 36.4 Å². The number of pyridine rings is 1. The molecule has 1 aliphatic rings. The van der Waals surface area contributed by atoms with E-state index in [0.29, 0.717) is 37.4 Å². The number of hydrogen-bond acceptors (Lipinski definition) is 5. The summed E-state index contributed by atoms with van der Waals surface area (Å²) in [5, 5.41) is 0.783. The van der Waals surface area contributed by atoms with Crippen LogP contribution in [0.25, 0.3) is 22.2 Å². The van der Waals surface area contributed by atoms with Crippen LogP contribution in [-0.4, -0.2) is 68.1 Å². The topological polar surface area (TPSA) is 79.8 Å². The van der Waals surface area contributed by atoms with Gasteiger partial charge in [0.05, 0.1) is 30.1 Å². The molecule has 0 N–H and O–H groups in total. The fraction of sp³-hybridized carbons (Fsp3) is 0.273. The first-order valence-corrected chi connectivity index (χ1v) is 11.5. The van der Waals surface area contributed by atoms with E-state index in [1.54, 1.807) is 12.0 Å². The molecule has 0 atom stereocenters. The number of fused-ring (bicyclic) bond motifs is 1. The molecule has 1 aliphatic heterocycles. The van der Waals surface area contributed by atoms with Crippen molar-refractivity contribution in [2.45, 2.75) is 0 Å². The van der Waals surface area contributed by atoms with Gasteiger partial charge in [0.25, 0.3) is 5.91 Å². The number of amides is 1. The molecule has 3 aromatic rings. The third-order valence-electron chi connectivity index (χ3n) is 5.33. The van der Waals surface area contributed by atoms with Crippen molar-refractivity contribution in [3.05, 3.63) is 60.2 Å². The summed E-state index contributed by atoms with van der Waals surface area (Å²) >= 11 is 0. The lowest BCUT2D eigenvalue weighted by atomic mass is 10.0. The van der Waals surface area contributed by atoms with Crippen LogP contribution >= 0.6 is 0 Å². The van der Waals surface area contributed by atoms with Crippen molar-refractivity contribution in [1.82, 2.24) is 14.2 Å². The Balaban J connectivity index is 1.70. The van der Waals surface area contributed by atoms with E-state index < -0.39 is 10.0 Å². The largest absolute Gasteiger partial charge is 0.497 e. The maximum atomic E-state index is 13.4. The van der Waals surface area contributed by atoms with E-state index in [-0.39, 0.29) is 5.91 Å². The summed E-state index contributed by atoms with van der Waals surface area (Å²) < 4.78 is 30.1. The van der Waals surface area contributed by atoms with E-state index in [1.165, 1.54) is 10.6 Å². The highest BCUT2D eigenvalue weighted by molar-refractivity contribution is 7.88. The molecule has 0 spiro atoms. The molecule has 1 saturated heterocycles. The quantitative estimate of drug-likeness (QED) is 0.642. The third-order valence-corrected chi connectivity index (χ3v) is 6.63. The summed E-state index contributed by atoms with van der Waals surface area (Å²) in [6.07, 6.45) is 1.20. The average molecular weight is 426 g/mol. The number of ether oxygens (including phenoxy) is 1. The maximum Gasteiger partial charge on any atom is 0.254 e. The van der Waals surface area contributed by atoms with E-state index in [2.05, 4.69) is 0 Å². The maximum absolute atomic E-state index is 13.4. The second kappa shape index (κ2) is 8.04. The Morgan fingerprint density at radius 2 is 1.67 bits per heavy atom. The predicted molar refractivity (Wildman–Crippen MR) is 116 cm³/mol. The summed E-state index contributed by atoms with van der Waals surface area (Å²) in [6.45, 7) is 1.33. The van der Waals surface area contributed by atoms with Crippen LogP contribution < -0.4 is 4.74 Å². The molecule has 0 unspecified atom stereocenters. The van der Waals surface area contributed by atoms with Gasteiger partial charge in [0.1, 0.15) is 5.75 Å². The highest BCUT2D eigenvalue weighted by Crippen LogP contribution is 2.27. The van der Waals surface area contributed by atoms with E-state index in [9.17, 15) is 13.2 Å². The Hall–Kier alpha value is -2.97. The second-order valence-electron chi connectivity index (χ2n) is 7.25. The van der Waals surface area contributed by atoms with Gasteiger partial charge in [-0.1, -0.05) is 18.2 Å². The number of methoxy groups -OCH3 is 1. The van der Waals surface area contributed by atoms with Gasteiger partial charge in [0.15, 0.2) is 0 Å². The van der Waals surface area contributed by atoms with Crippen LogP contribution in [0.4, 0.5) is 0 Å².